The Morgan fingerprint density at radius 2 is 1.61 bits per heavy atom. The van der Waals surface area contributed by atoms with Gasteiger partial charge in [0.15, 0.2) is 0 Å². The zero-order valence-electron chi connectivity index (χ0n) is 15.1. The molecule has 0 aromatic carbocycles. The van der Waals surface area contributed by atoms with Gasteiger partial charge in [-0.05, 0) is 41.6 Å². The van der Waals surface area contributed by atoms with Crippen LogP contribution in [0.1, 0.15) is 32.3 Å². The first kappa shape index (κ1) is 19.1. The van der Waals surface area contributed by atoms with Crippen LogP contribution in [0.15, 0.2) is 38.5 Å². The van der Waals surface area contributed by atoms with Crippen molar-refractivity contribution >= 4 is 23.9 Å². The number of aromatic amines is 2. The van der Waals surface area contributed by atoms with Gasteiger partial charge in [0.25, 0.3) is 17.4 Å². The van der Waals surface area contributed by atoms with Crippen molar-refractivity contribution in [2.75, 3.05) is 0 Å². The van der Waals surface area contributed by atoms with E-state index in [1.807, 2.05) is 29.5 Å². The Morgan fingerprint density at radius 1 is 0.964 bits per heavy atom. The quantitative estimate of drug-likeness (QED) is 0.360. The maximum absolute atomic E-state index is 12.0. The van der Waals surface area contributed by atoms with E-state index in [0.717, 1.165) is 0 Å². The SMILES string of the molecule is CC1(C)CC(C=C2C(=O)NC(=O)NC2=O)=C/C(=C/c2c(O)[nH]c(=O)[nH]c2=O)C1. The summed E-state index contributed by atoms with van der Waals surface area (Å²) in [7, 11) is 0. The van der Waals surface area contributed by atoms with E-state index >= 15 is 0 Å². The highest BCUT2D eigenvalue weighted by Gasteiger charge is 2.30. The third-order valence-corrected chi connectivity index (χ3v) is 4.30. The number of barbiturate groups is 1. The number of carbonyl (C=O) groups is 3. The average Bonchev–Trinajstić information content (AvgIpc) is 2.53. The molecule has 2 aliphatic rings. The fourth-order valence-corrected chi connectivity index (χ4v) is 3.29. The van der Waals surface area contributed by atoms with Crippen LogP contribution in [0.3, 0.4) is 0 Å². The van der Waals surface area contributed by atoms with E-state index in [-0.39, 0.29) is 16.6 Å². The summed E-state index contributed by atoms with van der Waals surface area (Å²) in [5, 5.41) is 13.9. The van der Waals surface area contributed by atoms with Crippen LogP contribution < -0.4 is 21.9 Å². The molecule has 1 aromatic rings. The van der Waals surface area contributed by atoms with Gasteiger partial charge in [-0.3, -0.25) is 35.0 Å². The average molecular weight is 386 g/mol. The molecule has 1 aliphatic heterocycles. The molecule has 1 aliphatic carbocycles. The van der Waals surface area contributed by atoms with Crippen LogP contribution in [-0.2, 0) is 9.59 Å². The highest BCUT2D eigenvalue weighted by Crippen LogP contribution is 2.39. The predicted molar refractivity (Wildman–Crippen MR) is 98.2 cm³/mol. The normalized spacial score (nSPS) is 20.5. The molecule has 10 nitrogen and oxygen atoms in total. The van der Waals surface area contributed by atoms with Gasteiger partial charge < -0.3 is 5.11 Å². The molecule has 10 heteroatoms. The number of amides is 4. The summed E-state index contributed by atoms with van der Waals surface area (Å²) < 4.78 is 0. The Bertz CT molecular complexity index is 1080. The van der Waals surface area contributed by atoms with Crippen LogP contribution in [0.2, 0.25) is 0 Å². The Labute approximate surface area is 158 Å². The fraction of sp³-hybridized carbons (Fsp3) is 0.278. The third kappa shape index (κ3) is 4.00. The number of H-pyrrole nitrogens is 2. The van der Waals surface area contributed by atoms with E-state index in [1.54, 1.807) is 6.08 Å². The second-order valence-electron chi connectivity index (χ2n) is 7.42. The first-order valence-electron chi connectivity index (χ1n) is 8.39. The second-order valence-corrected chi connectivity index (χ2v) is 7.42. The highest BCUT2D eigenvalue weighted by molar-refractivity contribution is 6.29. The molecular formula is C18H18N4O6. The van der Waals surface area contributed by atoms with E-state index in [2.05, 4.69) is 4.98 Å². The van der Waals surface area contributed by atoms with Crippen molar-refractivity contribution in [3.8, 4) is 5.88 Å². The molecule has 4 amide bonds. The topological polar surface area (TPSA) is 161 Å². The number of aromatic nitrogens is 2. The number of rotatable bonds is 2. The smallest absolute Gasteiger partial charge is 0.328 e. The summed E-state index contributed by atoms with van der Waals surface area (Å²) >= 11 is 0. The molecule has 0 unspecified atom stereocenters. The van der Waals surface area contributed by atoms with Crippen molar-refractivity contribution in [2.45, 2.75) is 26.7 Å². The van der Waals surface area contributed by atoms with Gasteiger partial charge in [-0.2, -0.15) is 0 Å². The maximum atomic E-state index is 12.0. The Hall–Kier alpha value is -3.69. The minimum absolute atomic E-state index is 0.102. The molecule has 3 rings (SSSR count). The van der Waals surface area contributed by atoms with Gasteiger partial charge >= 0.3 is 11.7 Å². The first-order chi connectivity index (χ1) is 13.0. The zero-order chi connectivity index (χ0) is 20.6. The van der Waals surface area contributed by atoms with Crippen molar-refractivity contribution in [2.24, 2.45) is 5.41 Å². The molecule has 28 heavy (non-hydrogen) atoms. The number of urea groups is 1. The molecule has 1 saturated heterocycles. The third-order valence-electron chi connectivity index (χ3n) is 4.30. The Balaban J connectivity index is 2.05. The van der Waals surface area contributed by atoms with E-state index in [0.29, 0.717) is 24.0 Å². The van der Waals surface area contributed by atoms with Crippen LogP contribution in [0.4, 0.5) is 4.79 Å². The van der Waals surface area contributed by atoms with E-state index in [9.17, 15) is 29.1 Å². The number of nitrogens with one attached hydrogen (secondary N) is 4. The van der Waals surface area contributed by atoms with Crippen LogP contribution in [0.5, 0.6) is 5.88 Å². The number of hydrogen-bond acceptors (Lipinski definition) is 6. The molecule has 5 N–H and O–H groups in total. The van der Waals surface area contributed by atoms with Crippen LogP contribution in [0.25, 0.3) is 6.08 Å². The summed E-state index contributed by atoms with van der Waals surface area (Å²) in [6, 6.07) is -0.876. The Kier molecular flexibility index (Phi) is 4.63. The minimum Gasteiger partial charge on any atom is -0.494 e. The van der Waals surface area contributed by atoms with Crippen LogP contribution in [0, 0.1) is 5.41 Å². The predicted octanol–water partition coefficient (Wildman–Crippen LogP) is 0.191. The van der Waals surface area contributed by atoms with Gasteiger partial charge in [-0.15, -0.1) is 0 Å². The molecular weight excluding hydrogens is 368 g/mol. The van der Waals surface area contributed by atoms with Crippen molar-refractivity contribution in [3.63, 3.8) is 0 Å². The van der Waals surface area contributed by atoms with Gasteiger partial charge in [-0.25, -0.2) is 9.59 Å². The number of allylic oxidation sites excluding steroid dienone is 4. The first-order valence-corrected chi connectivity index (χ1v) is 8.39. The number of imide groups is 2. The summed E-state index contributed by atoms with van der Waals surface area (Å²) in [6.45, 7) is 3.93. The number of aromatic hydroxyl groups is 1. The molecule has 1 fully saturated rings. The van der Waals surface area contributed by atoms with Crippen molar-refractivity contribution < 1.29 is 19.5 Å². The highest BCUT2D eigenvalue weighted by atomic mass is 16.3. The minimum atomic E-state index is -0.876. The second kappa shape index (κ2) is 6.80. The van der Waals surface area contributed by atoms with Gasteiger partial charge in [0, 0.05) is 0 Å². The van der Waals surface area contributed by atoms with Gasteiger partial charge in [0.05, 0.1) is 0 Å². The molecule has 2 heterocycles. The molecule has 0 saturated carbocycles. The van der Waals surface area contributed by atoms with Gasteiger partial charge in [0.2, 0.25) is 5.88 Å². The molecule has 0 spiro atoms. The summed E-state index contributed by atoms with van der Waals surface area (Å²) in [6.07, 6.45) is 5.61. The summed E-state index contributed by atoms with van der Waals surface area (Å²) in [5.41, 5.74) is -0.842. The fourth-order valence-electron chi connectivity index (χ4n) is 3.29. The summed E-state index contributed by atoms with van der Waals surface area (Å²) in [5.74, 6) is -2.14. The van der Waals surface area contributed by atoms with Crippen molar-refractivity contribution in [1.29, 1.82) is 0 Å². The largest absolute Gasteiger partial charge is 0.494 e. The lowest BCUT2D eigenvalue weighted by Gasteiger charge is -2.31. The maximum Gasteiger partial charge on any atom is 0.328 e. The lowest BCUT2D eigenvalue weighted by Crippen LogP contribution is -2.51. The van der Waals surface area contributed by atoms with Crippen LogP contribution >= 0.6 is 0 Å². The monoisotopic (exact) mass is 386 g/mol. The molecule has 1 aromatic heterocycles. The Morgan fingerprint density at radius 3 is 2.21 bits per heavy atom. The van der Waals surface area contributed by atoms with E-state index in [1.165, 1.54) is 12.2 Å². The molecule has 0 bridgehead atoms. The number of hydrogen-bond donors (Lipinski definition) is 5. The lowest BCUT2D eigenvalue weighted by molar-refractivity contribution is -0.124. The number of carbonyl (C=O) groups excluding carboxylic acids is 3. The standard InChI is InChI=1S/C18H18N4O6/c1-18(2)6-8(4-10-12(23)19-16(27)20-13(10)24)3-9(7-18)5-11-14(25)21-17(28)22-15(11)26/h3-5H,6-7H2,1-2H3,(H2,19,20,23,24,27)(H3,21,22,25,26,28)/b9-5-. The van der Waals surface area contributed by atoms with E-state index in [4.69, 9.17) is 0 Å². The van der Waals surface area contributed by atoms with Crippen molar-refractivity contribution in [1.82, 2.24) is 20.6 Å². The van der Waals surface area contributed by atoms with Gasteiger partial charge in [-0.1, -0.05) is 19.9 Å². The van der Waals surface area contributed by atoms with Crippen LogP contribution in [-0.4, -0.2) is 32.9 Å². The molecule has 0 atom stereocenters. The van der Waals surface area contributed by atoms with E-state index < -0.39 is 35.0 Å². The lowest BCUT2D eigenvalue weighted by atomic mass is 9.74. The van der Waals surface area contributed by atoms with Crippen molar-refractivity contribution in [3.05, 3.63) is 55.3 Å². The molecule has 146 valence electrons. The summed E-state index contributed by atoms with van der Waals surface area (Å²) in [4.78, 5) is 62.3. The molecule has 0 radical (unpaired) electrons. The zero-order valence-corrected chi connectivity index (χ0v) is 15.1. The van der Waals surface area contributed by atoms with Gasteiger partial charge in [0.1, 0.15) is 11.1 Å².